The molecule has 1 aromatic carbocycles. The average molecular weight is 336 g/mol. The van der Waals surface area contributed by atoms with E-state index in [-0.39, 0.29) is 0 Å². The Bertz CT molecular complexity index is 727. The minimum Gasteiger partial charge on any atom is -0.339 e. The summed E-state index contributed by atoms with van der Waals surface area (Å²) in [6.45, 7) is 0. The molecule has 2 aromatic heterocycles. The van der Waals surface area contributed by atoms with Crippen molar-refractivity contribution in [2.75, 3.05) is 10.7 Å². The molecule has 0 amide bonds. The predicted octanol–water partition coefficient (Wildman–Crippen LogP) is 3.48. The zero-order valence-corrected chi connectivity index (χ0v) is 12.1. The van der Waals surface area contributed by atoms with Gasteiger partial charge in [0, 0.05) is 10.2 Å². The summed E-state index contributed by atoms with van der Waals surface area (Å²) in [5, 5.41) is 6.23. The molecule has 0 atom stereocenters. The number of anilines is 3. The number of nitrogens with two attached hydrogens (primary N) is 1. The molecule has 0 radical (unpaired) electrons. The molecule has 0 unspecified atom stereocenters. The van der Waals surface area contributed by atoms with Gasteiger partial charge < -0.3 is 5.32 Å². The van der Waals surface area contributed by atoms with Crippen molar-refractivity contribution in [2.45, 2.75) is 0 Å². The van der Waals surface area contributed by atoms with Crippen molar-refractivity contribution in [3.8, 4) is 0 Å². The molecule has 0 fully saturated rings. The number of hydrazine groups is 1. The van der Waals surface area contributed by atoms with Crippen LogP contribution in [0.1, 0.15) is 0 Å². The van der Waals surface area contributed by atoms with Gasteiger partial charge in [0.05, 0.1) is 5.39 Å². The van der Waals surface area contributed by atoms with Crippen LogP contribution in [-0.4, -0.2) is 9.97 Å². The molecule has 5 nitrogen and oxygen atoms in total. The minimum atomic E-state index is 0.396. The Hall–Kier alpha value is -1.70. The third kappa shape index (κ3) is 2.53. The molecule has 96 valence electrons. The smallest absolute Gasteiger partial charge is 0.240 e. The minimum absolute atomic E-state index is 0.396. The van der Waals surface area contributed by atoms with Gasteiger partial charge in [0.15, 0.2) is 0 Å². The van der Waals surface area contributed by atoms with Crippen molar-refractivity contribution in [3.63, 3.8) is 0 Å². The molecule has 4 N–H and O–H groups in total. The maximum atomic E-state index is 5.39. The summed E-state index contributed by atoms with van der Waals surface area (Å²) in [7, 11) is 0. The summed E-state index contributed by atoms with van der Waals surface area (Å²) < 4.78 is 1.00. The lowest BCUT2D eigenvalue weighted by Crippen LogP contribution is -2.11. The third-order valence-electron chi connectivity index (χ3n) is 2.54. The number of nitrogen functional groups attached to an aromatic ring is 1. The molecule has 7 heteroatoms. The molecule has 0 saturated heterocycles. The molecule has 0 saturated carbocycles. The van der Waals surface area contributed by atoms with E-state index in [0.29, 0.717) is 5.95 Å². The van der Waals surface area contributed by atoms with E-state index in [1.165, 1.54) is 0 Å². The summed E-state index contributed by atoms with van der Waals surface area (Å²) in [4.78, 5) is 9.53. The molecule has 3 aromatic rings. The highest BCUT2D eigenvalue weighted by Gasteiger charge is 2.08. The van der Waals surface area contributed by atoms with Gasteiger partial charge in [-0.25, -0.2) is 10.8 Å². The average Bonchev–Trinajstić information content (AvgIpc) is 2.87. The number of halogens is 1. The number of benzene rings is 1. The largest absolute Gasteiger partial charge is 0.339 e. The van der Waals surface area contributed by atoms with Crippen LogP contribution < -0.4 is 16.6 Å². The Balaban J connectivity index is 2.06. The van der Waals surface area contributed by atoms with Crippen LogP contribution in [0.5, 0.6) is 0 Å². The molecule has 0 aliphatic heterocycles. The first-order chi connectivity index (χ1) is 9.26. The zero-order valence-electron chi connectivity index (χ0n) is 9.72. The van der Waals surface area contributed by atoms with Crippen LogP contribution in [0.3, 0.4) is 0 Å². The summed E-state index contributed by atoms with van der Waals surface area (Å²) in [6.07, 6.45) is 0. The van der Waals surface area contributed by atoms with Gasteiger partial charge in [0.25, 0.3) is 0 Å². The highest BCUT2D eigenvalue weighted by Crippen LogP contribution is 2.29. The Kier molecular flexibility index (Phi) is 3.33. The molecule has 0 aliphatic carbocycles. The zero-order chi connectivity index (χ0) is 13.2. The second kappa shape index (κ2) is 5.12. The van der Waals surface area contributed by atoms with Crippen LogP contribution in [0.25, 0.3) is 10.2 Å². The number of hydrogen-bond donors (Lipinski definition) is 3. The number of fused-ring (bicyclic) bond motifs is 1. The molecule has 0 spiro atoms. The van der Waals surface area contributed by atoms with E-state index in [1.807, 2.05) is 35.7 Å². The summed E-state index contributed by atoms with van der Waals surface area (Å²) in [5.74, 6) is 6.52. The molecule has 19 heavy (non-hydrogen) atoms. The van der Waals surface area contributed by atoms with Gasteiger partial charge in [-0.15, -0.1) is 11.3 Å². The van der Waals surface area contributed by atoms with E-state index in [4.69, 9.17) is 5.84 Å². The van der Waals surface area contributed by atoms with Crippen LogP contribution in [-0.2, 0) is 0 Å². The van der Waals surface area contributed by atoms with E-state index in [9.17, 15) is 0 Å². The molecule has 2 heterocycles. The molecule has 0 aliphatic rings. The Labute approximate surface area is 122 Å². The number of aromatic nitrogens is 2. The highest BCUT2D eigenvalue weighted by molar-refractivity contribution is 9.10. The molecular weight excluding hydrogens is 326 g/mol. The van der Waals surface area contributed by atoms with E-state index in [0.717, 1.165) is 26.2 Å². The van der Waals surface area contributed by atoms with Gasteiger partial charge in [-0.1, -0.05) is 22.0 Å². The standard InChI is InChI=1S/C12H10BrN5S/c13-7-2-1-3-8(6-7)15-10-9-4-5-19-11(9)17-12(16-10)18-14/h1-6H,14H2,(H2,15,16,17,18). The van der Waals surface area contributed by atoms with Crippen molar-refractivity contribution in [1.82, 2.24) is 9.97 Å². The molecule has 0 bridgehead atoms. The fraction of sp³-hybridized carbons (Fsp3) is 0. The van der Waals surface area contributed by atoms with Crippen LogP contribution in [0, 0.1) is 0 Å². The second-order valence-electron chi connectivity index (χ2n) is 3.81. The fourth-order valence-electron chi connectivity index (χ4n) is 1.72. The predicted molar refractivity (Wildman–Crippen MR) is 82.6 cm³/mol. The maximum Gasteiger partial charge on any atom is 0.240 e. The first-order valence-electron chi connectivity index (χ1n) is 5.51. The van der Waals surface area contributed by atoms with Gasteiger partial charge in [0.1, 0.15) is 10.6 Å². The number of nitrogens with zero attached hydrogens (tertiary/aromatic N) is 2. The van der Waals surface area contributed by atoms with E-state index in [1.54, 1.807) is 11.3 Å². The van der Waals surface area contributed by atoms with Gasteiger partial charge in [-0.05, 0) is 29.6 Å². The van der Waals surface area contributed by atoms with E-state index in [2.05, 4.69) is 36.6 Å². The monoisotopic (exact) mass is 335 g/mol. The molecular formula is C12H10BrN5S. The Morgan fingerprint density at radius 1 is 1.21 bits per heavy atom. The highest BCUT2D eigenvalue weighted by atomic mass is 79.9. The lowest BCUT2D eigenvalue weighted by Gasteiger charge is -2.08. The lowest BCUT2D eigenvalue weighted by molar-refractivity contribution is 1.16. The number of nitrogens with one attached hydrogen (secondary N) is 2. The van der Waals surface area contributed by atoms with Crippen LogP contribution in [0.2, 0.25) is 0 Å². The van der Waals surface area contributed by atoms with Crippen molar-refractivity contribution in [1.29, 1.82) is 0 Å². The Morgan fingerprint density at radius 2 is 2.11 bits per heavy atom. The third-order valence-corrected chi connectivity index (χ3v) is 3.84. The fourth-order valence-corrected chi connectivity index (χ4v) is 2.88. The van der Waals surface area contributed by atoms with Crippen molar-refractivity contribution in [2.24, 2.45) is 5.84 Å². The summed E-state index contributed by atoms with van der Waals surface area (Å²) in [5.41, 5.74) is 3.43. The lowest BCUT2D eigenvalue weighted by atomic mass is 10.3. The number of hydrogen-bond acceptors (Lipinski definition) is 6. The van der Waals surface area contributed by atoms with Crippen LogP contribution >= 0.6 is 27.3 Å². The van der Waals surface area contributed by atoms with Crippen molar-refractivity contribution in [3.05, 3.63) is 40.2 Å². The van der Waals surface area contributed by atoms with Crippen LogP contribution in [0.15, 0.2) is 40.2 Å². The van der Waals surface area contributed by atoms with Gasteiger partial charge in [0.2, 0.25) is 5.95 Å². The van der Waals surface area contributed by atoms with E-state index < -0.39 is 0 Å². The second-order valence-corrected chi connectivity index (χ2v) is 5.63. The van der Waals surface area contributed by atoms with Crippen molar-refractivity contribution >= 4 is 54.9 Å². The van der Waals surface area contributed by atoms with Gasteiger partial charge >= 0.3 is 0 Å². The van der Waals surface area contributed by atoms with Crippen LogP contribution in [0.4, 0.5) is 17.5 Å². The normalized spacial score (nSPS) is 10.6. The van der Waals surface area contributed by atoms with E-state index >= 15 is 0 Å². The topological polar surface area (TPSA) is 75.9 Å². The first kappa shape index (κ1) is 12.3. The maximum absolute atomic E-state index is 5.39. The quantitative estimate of drug-likeness (QED) is 0.504. The summed E-state index contributed by atoms with van der Waals surface area (Å²) >= 11 is 4.99. The molecule has 3 rings (SSSR count). The summed E-state index contributed by atoms with van der Waals surface area (Å²) in [6, 6.07) is 9.87. The number of thiophene rings is 1. The first-order valence-corrected chi connectivity index (χ1v) is 7.18. The van der Waals surface area contributed by atoms with Gasteiger partial charge in [-0.3, -0.25) is 5.43 Å². The van der Waals surface area contributed by atoms with Crippen molar-refractivity contribution < 1.29 is 0 Å². The Morgan fingerprint density at radius 3 is 2.89 bits per heavy atom. The number of rotatable bonds is 3. The van der Waals surface area contributed by atoms with Gasteiger partial charge in [-0.2, -0.15) is 4.98 Å². The SMILES string of the molecule is NNc1nc(Nc2cccc(Br)c2)c2ccsc2n1.